The Kier molecular flexibility index (Phi) is 5.00. The van der Waals surface area contributed by atoms with Crippen molar-refractivity contribution in [2.45, 2.75) is 32.1 Å². The van der Waals surface area contributed by atoms with Crippen LogP contribution in [0.1, 0.15) is 32.3 Å². The number of benzene rings is 1. The van der Waals surface area contributed by atoms with Gasteiger partial charge in [0, 0.05) is 18.5 Å². The first-order valence-corrected chi connectivity index (χ1v) is 7.57. The summed E-state index contributed by atoms with van der Waals surface area (Å²) in [4.78, 5) is 2.52. The van der Waals surface area contributed by atoms with E-state index in [0.29, 0.717) is 5.41 Å². The van der Waals surface area contributed by atoms with Crippen LogP contribution in [0.5, 0.6) is 0 Å². The normalized spacial score (nSPS) is 19.0. The van der Waals surface area contributed by atoms with Crippen molar-refractivity contribution in [3.8, 4) is 0 Å². The quantitative estimate of drug-likeness (QED) is 0.876. The summed E-state index contributed by atoms with van der Waals surface area (Å²) in [6.07, 6.45) is 2.50. The molecule has 1 fully saturated rings. The van der Waals surface area contributed by atoms with Crippen molar-refractivity contribution >= 4 is 0 Å². The van der Waals surface area contributed by atoms with Crippen LogP contribution in [0.4, 0.5) is 0 Å². The lowest BCUT2D eigenvalue weighted by molar-refractivity contribution is 0.188. The van der Waals surface area contributed by atoms with Crippen molar-refractivity contribution in [3.63, 3.8) is 0 Å². The summed E-state index contributed by atoms with van der Waals surface area (Å²) in [5.74, 6) is 0.736. The molecule has 0 bridgehead atoms. The van der Waals surface area contributed by atoms with Crippen LogP contribution in [0, 0.1) is 5.92 Å². The Morgan fingerprint density at radius 3 is 2.37 bits per heavy atom. The van der Waals surface area contributed by atoms with E-state index in [2.05, 4.69) is 61.4 Å². The van der Waals surface area contributed by atoms with Crippen molar-refractivity contribution < 1.29 is 0 Å². The zero-order valence-corrected chi connectivity index (χ0v) is 12.7. The summed E-state index contributed by atoms with van der Waals surface area (Å²) in [5, 5.41) is 3.50. The van der Waals surface area contributed by atoms with Gasteiger partial charge in [-0.25, -0.2) is 0 Å². The van der Waals surface area contributed by atoms with Gasteiger partial charge in [-0.2, -0.15) is 0 Å². The van der Waals surface area contributed by atoms with Gasteiger partial charge in [-0.05, 0) is 44.5 Å². The molecule has 1 aliphatic rings. The molecule has 106 valence electrons. The van der Waals surface area contributed by atoms with Crippen LogP contribution in [-0.2, 0) is 5.41 Å². The highest BCUT2D eigenvalue weighted by Crippen LogP contribution is 2.34. The highest BCUT2D eigenvalue weighted by atomic mass is 15.1. The number of rotatable bonds is 5. The zero-order valence-electron chi connectivity index (χ0n) is 12.7. The predicted octanol–water partition coefficient (Wildman–Crippen LogP) is 2.90. The second kappa shape index (κ2) is 6.53. The third-order valence-corrected chi connectivity index (χ3v) is 4.20. The van der Waals surface area contributed by atoms with Crippen LogP contribution in [-0.4, -0.2) is 38.1 Å². The van der Waals surface area contributed by atoms with Gasteiger partial charge < -0.3 is 10.2 Å². The van der Waals surface area contributed by atoms with Gasteiger partial charge in [-0.15, -0.1) is 0 Å². The molecule has 19 heavy (non-hydrogen) atoms. The number of nitrogens with one attached hydrogen (secondary N) is 1. The van der Waals surface area contributed by atoms with E-state index >= 15 is 0 Å². The van der Waals surface area contributed by atoms with Crippen LogP contribution in [0.3, 0.4) is 0 Å². The molecule has 0 amide bonds. The summed E-state index contributed by atoms with van der Waals surface area (Å²) in [7, 11) is 2.27. The monoisotopic (exact) mass is 260 g/mol. The van der Waals surface area contributed by atoms with Gasteiger partial charge in [-0.1, -0.05) is 44.2 Å². The average molecular weight is 260 g/mol. The molecule has 1 aromatic rings. The van der Waals surface area contributed by atoms with E-state index in [1.807, 2.05) is 0 Å². The first-order valence-electron chi connectivity index (χ1n) is 7.57. The molecule has 0 spiro atoms. The summed E-state index contributed by atoms with van der Waals surface area (Å²) in [5.41, 5.74) is 1.86. The highest BCUT2D eigenvalue weighted by molar-refractivity contribution is 5.27. The SMILES string of the molecule is CC(C)CN(C)CC1(c2ccccc2)CCNCC1. The van der Waals surface area contributed by atoms with Crippen LogP contribution >= 0.6 is 0 Å². The summed E-state index contributed by atoms with van der Waals surface area (Å²) in [6.45, 7) is 9.25. The van der Waals surface area contributed by atoms with Gasteiger partial charge >= 0.3 is 0 Å². The molecular formula is C17H28N2. The molecule has 2 nitrogen and oxygen atoms in total. The molecule has 2 rings (SSSR count). The van der Waals surface area contributed by atoms with E-state index in [0.717, 1.165) is 19.0 Å². The Morgan fingerprint density at radius 1 is 1.16 bits per heavy atom. The standard InChI is InChI=1S/C17H28N2/c1-15(2)13-19(3)14-17(9-11-18-12-10-17)16-7-5-4-6-8-16/h4-8,15,18H,9-14H2,1-3H3. The Hall–Kier alpha value is -0.860. The molecule has 0 atom stereocenters. The van der Waals surface area contributed by atoms with Gasteiger partial charge in [0.2, 0.25) is 0 Å². The summed E-state index contributed by atoms with van der Waals surface area (Å²) in [6, 6.07) is 11.1. The lowest BCUT2D eigenvalue weighted by Crippen LogP contribution is -2.47. The van der Waals surface area contributed by atoms with Crippen LogP contribution in [0.15, 0.2) is 30.3 Å². The molecule has 0 saturated carbocycles. The van der Waals surface area contributed by atoms with Gasteiger partial charge in [0.05, 0.1) is 0 Å². The molecule has 1 aromatic carbocycles. The number of nitrogens with zero attached hydrogens (tertiary/aromatic N) is 1. The van der Waals surface area contributed by atoms with Gasteiger partial charge in [0.25, 0.3) is 0 Å². The smallest absolute Gasteiger partial charge is 0.0104 e. The topological polar surface area (TPSA) is 15.3 Å². The fourth-order valence-corrected chi connectivity index (χ4v) is 3.44. The van der Waals surface area contributed by atoms with Crippen LogP contribution < -0.4 is 5.32 Å². The van der Waals surface area contributed by atoms with Crippen LogP contribution in [0.2, 0.25) is 0 Å². The number of piperidine rings is 1. The van der Waals surface area contributed by atoms with E-state index in [4.69, 9.17) is 0 Å². The third kappa shape index (κ3) is 3.80. The minimum atomic E-state index is 0.343. The second-order valence-corrected chi connectivity index (χ2v) is 6.49. The maximum atomic E-state index is 3.50. The Morgan fingerprint density at radius 2 is 1.79 bits per heavy atom. The van der Waals surface area contributed by atoms with Gasteiger partial charge in [0.15, 0.2) is 0 Å². The number of hydrogen-bond acceptors (Lipinski definition) is 2. The first kappa shape index (κ1) is 14.5. The maximum Gasteiger partial charge on any atom is 0.0104 e. The van der Waals surface area contributed by atoms with Crippen molar-refractivity contribution in [2.24, 2.45) is 5.92 Å². The highest BCUT2D eigenvalue weighted by Gasteiger charge is 2.34. The molecular weight excluding hydrogens is 232 g/mol. The predicted molar refractivity (Wildman–Crippen MR) is 82.6 cm³/mol. The van der Waals surface area contributed by atoms with E-state index < -0.39 is 0 Å². The lowest BCUT2D eigenvalue weighted by Gasteiger charge is -2.41. The minimum Gasteiger partial charge on any atom is -0.317 e. The summed E-state index contributed by atoms with van der Waals surface area (Å²) >= 11 is 0. The zero-order chi connectivity index (χ0) is 13.7. The first-order chi connectivity index (χ1) is 9.12. The average Bonchev–Trinajstić information content (AvgIpc) is 2.40. The van der Waals surface area contributed by atoms with E-state index in [9.17, 15) is 0 Å². The van der Waals surface area contributed by atoms with Crippen molar-refractivity contribution in [1.29, 1.82) is 0 Å². The van der Waals surface area contributed by atoms with E-state index in [-0.39, 0.29) is 0 Å². The number of likely N-dealkylation sites (N-methyl/N-ethyl adjacent to an activating group) is 1. The van der Waals surface area contributed by atoms with Crippen molar-refractivity contribution in [2.75, 3.05) is 33.2 Å². The maximum absolute atomic E-state index is 3.50. The Balaban J connectivity index is 2.15. The second-order valence-electron chi connectivity index (χ2n) is 6.49. The van der Waals surface area contributed by atoms with E-state index in [1.165, 1.54) is 31.5 Å². The van der Waals surface area contributed by atoms with Gasteiger partial charge in [0.1, 0.15) is 0 Å². The minimum absolute atomic E-state index is 0.343. The van der Waals surface area contributed by atoms with Gasteiger partial charge in [-0.3, -0.25) is 0 Å². The molecule has 2 heteroatoms. The molecule has 1 aliphatic heterocycles. The Labute approximate surface area is 118 Å². The molecule has 1 N–H and O–H groups in total. The van der Waals surface area contributed by atoms with E-state index in [1.54, 1.807) is 0 Å². The molecule has 0 aromatic heterocycles. The molecule has 0 aliphatic carbocycles. The lowest BCUT2D eigenvalue weighted by atomic mass is 9.72. The fraction of sp³-hybridized carbons (Fsp3) is 0.647. The van der Waals surface area contributed by atoms with Crippen molar-refractivity contribution in [1.82, 2.24) is 10.2 Å². The largest absolute Gasteiger partial charge is 0.317 e. The third-order valence-electron chi connectivity index (χ3n) is 4.20. The number of hydrogen-bond donors (Lipinski definition) is 1. The fourth-order valence-electron chi connectivity index (χ4n) is 3.44. The van der Waals surface area contributed by atoms with Crippen LogP contribution in [0.25, 0.3) is 0 Å². The van der Waals surface area contributed by atoms with Crippen molar-refractivity contribution in [3.05, 3.63) is 35.9 Å². The molecule has 0 radical (unpaired) electrons. The molecule has 0 unspecified atom stereocenters. The summed E-state index contributed by atoms with van der Waals surface area (Å²) < 4.78 is 0. The molecule has 1 heterocycles. The molecule has 1 saturated heterocycles. The Bertz CT molecular complexity index is 366.